The first-order valence-corrected chi connectivity index (χ1v) is 10.9. The van der Waals surface area contributed by atoms with Crippen molar-refractivity contribution in [2.45, 2.75) is 25.8 Å². The molecule has 0 radical (unpaired) electrons. The van der Waals surface area contributed by atoms with E-state index in [2.05, 4.69) is 6.92 Å². The summed E-state index contributed by atoms with van der Waals surface area (Å²) in [6, 6.07) is 20.6. The number of amides is 1. The summed E-state index contributed by atoms with van der Waals surface area (Å²) in [7, 11) is 1.61. The van der Waals surface area contributed by atoms with Gasteiger partial charge in [-0.05, 0) is 40.8 Å². The molecule has 0 aliphatic carbocycles. The van der Waals surface area contributed by atoms with E-state index in [0.717, 1.165) is 22.8 Å². The third-order valence-corrected chi connectivity index (χ3v) is 6.01. The molecule has 5 nitrogen and oxygen atoms in total. The number of fused-ring (bicyclic) bond motifs is 1. The highest BCUT2D eigenvalue weighted by Crippen LogP contribution is 2.39. The van der Waals surface area contributed by atoms with Crippen molar-refractivity contribution < 1.29 is 19.4 Å². The molecular weight excluding hydrogens is 402 g/mol. The van der Waals surface area contributed by atoms with Gasteiger partial charge in [0.05, 0.1) is 11.6 Å². The molecule has 1 aliphatic rings. The lowest BCUT2D eigenvalue weighted by molar-refractivity contribution is -0.140. The van der Waals surface area contributed by atoms with Crippen LogP contribution in [0.2, 0.25) is 0 Å². The van der Waals surface area contributed by atoms with Crippen LogP contribution < -0.4 is 0 Å². The summed E-state index contributed by atoms with van der Waals surface area (Å²) in [5, 5.41) is 13.2. The molecule has 0 bridgehead atoms. The second-order valence-corrected chi connectivity index (χ2v) is 8.00. The van der Waals surface area contributed by atoms with Crippen molar-refractivity contribution in [2.75, 3.05) is 20.3 Å². The molecule has 1 amide bonds. The Morgan fingerprint density at radius 2 is 1.72 bits per heavy atom. The zero-order valence-electron chi connectivity index (χ0n) is 18.4. The molecule has 1 heterocycles. The summed E-state index contributed by atoms with van der Waals surface area (Å²) in [6.07, 6.45) is 1.49. The quantitative estimate of drug-likeness (QED) is 0.252. The van der Waals surface area contributed by atoms with Crippen LogP contribution in [0, 0.1) is 0 Å². The number of hydrogen-bond acceptors (Lipinski definition) is 4. The van der Waals surface area contributed by atoms with Crippen molar-refractivity contribution >= 4 is 28.2 Å². The Bertz CT molecular complexity index is 1180. The van der Waals surface area contributed by atoms with Gasteiger partial charge in [-0.2, -0.15) is 0 Å². The topological polar surface area (TPSA) is 66.8 Å². The number of aliphatic hydroxyl groups excluding tert-OH is 1. The van der Waals surface area contributed by atoms with E-state index in [-0.39, 0.29) is 11.3 Å². The summed E-state index contributed by atoms with van der Waals surface area (Å²) in [5.41, 5.74) is 2.63. The minimum Gasteiger partial charge on any atom is -0.507 e. The molecule has 4 rings (SSSR count). The average Bonchev–Trinajstić information content (AvgIpc) is 3.08. The number of likely N-dealkylation sites (tertiary alicyclic amines) is 1. The van der Waals surface area contributed by atoms with Crippen molar-refractivity contribution in [1.82, 2.24) is 4.90 Å². The van der Waals surface area contributed by atoms with Gasteiger partial charge in [0.25, 0.3) is 11.7 Å². The molecule has 3 aromatic carbocycles. The molecule has 164 valence electrons. The first-order chi connectivity index (χ1) is 15.5. The van der Waals surface area contributed by atoms with Gasteiger partial charge in [-0.25, -0.2) is 0 Å². The predicted octanol–water partition coefficient (Wildman–Crippen LogP) is 4.86. The zero-order valence-corrected chi connectivity index (χ0v) is 18.4. The zero-order chi connectivity index (χ0) is 22.7. The van der Waals surface area contributed by atoms with Crippen LogP contribution in [-0.4, -0.2) is 42.0 Å². The number of aryl methyl sites for hydroxylation is 1. The molecule has 0 aromatic heterocycles. The van der Waals surface area contributed by atoms with Crippen molar-refractivity contribution in [3.63, 3.8) is 0 Å². The number of benzene rings is 3. The van der Waals surface area contributed by atoms with Gasteiger partial charge in [-0.15, -0.1) is 0 Å². The molecule has 0 saturated carbocycles. The molecule has 5 heteroatoms. The van der Waals surface area contributed by atoms with E-state index in [1.165, 1.54) is 5.56 Å². The molecule has 0 spiro atoms. The maximum absolute atomic E-state index is 13.1. The Morgan fingerprint density at radius 1 is 1.00 bits per heavy atom. The first kappa shape index (κ1) is 21.8. The standard InChI is InChI=1S/C27H27NO4/c1-3-18-9-11-20(12-10-18)24-23(26(30)27(31)28(24)15-6-16-32-2)25(29)22-14-13-19-7-4-5-8-21(19)17-22/h4-5,7-14,17,24,29H,3,6,15-16H2,1-2H3/b25-23-. The molecule has 1 N–H and O–H groups in total. The second-order valence-electron chi connectivity index (χ2n) is 8.00. The normalized spacial score (nSPS) is 17.9. The molecule has 1 aliphatic heterocycles. The minimum atomic E-state index is -0.655. The van der Waals surface area contributed by atoms with Crippen LogP contribution in [0.3, 0.4) is 0 Å². The van der Waals surface area contributed by atoms with Gasteiger partial charge >= 0.3 is 0 Å². The highest BCUT2D eigenvalue weighted by molar-refractivity contribution is 6.46. The Kier molecular flexibility index (Phi) is 6.37. The third kappa shape index (κ3) is 4.04. The van der Waals surface area contributed by atoms with E-state index in [9.17, 15) is 14.7 Å². The lowest BCUT2D eigenvalue weighted by atomic mass is 9.93. The van der Waals surface area contributed by atoms with Crippen LogP contribution in [0.1, 0.15) is 36.1 Å². The number of carbonyl (C=O) groups is 2. The monoisotopic (exact) mass is 429 g/mol. The molecular formula is C27H27NO4. The van der Waals surface area contributed by atoms with Gasteiger partial charge in [-0.1, -0.05) is 67.6 Å². The van der Waals surface area contributed by atoms with E-state index < -0.39 is 17.7 Å². The van der Waals surface area contributed by atoms with Gasteiger partial charge in [-0.3, -0.25) is 9.59 Å². The number of Topliss-reactive ketones (excluding diaryl/α,β-unsaturated/α-hetero) is 1. The second kappa shape index (κ2) is 9.37. The van der Waals surface area contributed by atoms with Crippen LogP contribution in [0.25, 0.3) is 16.5 Å². The van der Waals surface area contributed by atoms with Crippen LogP contribution in [0.4, 0.5) is 0 Å². The summed E-state index contributed by atoms with van der Waals surface area (Å²) in [6.45, 7) is 2.92. The lowest BCUT2D eigenvalue weighted by Gasteiger charge is -2.25. The van der Waals surface area contributed by atoms with E-state index in [1.54, 1.807) is 18.1 Å². The summed E-state index contributed by atoms with van der Waals surface area (Å²) < 4.78 is 5.14. The first-order valence-electron chi connectivity index (χ1n) is 10.9. The van der Waals surface area contributed by atoms with Crippen LogP contribution in [0.15, 0.2) is 72.3 Å². The van der Waals surface area contributed by atoms with Crippen molar-refractivity contribution in [3.8, 4) is 0 Å². The summed E-state index contributed by atoms with van der Waals surface area (Å²) in [4.78, 5) is 27.6. The molecule has 32 heavy (non-hydrogen) atoms. The average molecular weight is 430 g/mol. The predicted molar refractivity (Wildman–Crippen MR) is 125 cm³/mol. The summed E-state index contributed by atoms with van der Waals surface area (Å²) in [5.74, 6) is -1.39. The fraction of sp³-hybridized carbons (Fsp3) is 0.259. The highest BCUT2D eigenvalue weighted by atomic mass is 16.5. The maximum atomic E-state index is 13.1. The fourth-order valence-corrected chi connectivity index (χ4v) is 4.26. The van der Waals surface area contributed by atoms with Gasteiger partial charge in [0.2, 0.25) is 0 Å². The van der Waals surface area contributed by atoms with Gasteiger partial charge in [0, 0.05) is 25.8 Å². The minimum absolute atomic E-state index is 0.131. The largest absolute Gasteiger partial charge is 0.507 e. The molecule has 1 saturated heterocycles. The van der Waals surface area contributed by atoms with Gasteiger partial charge in [0.1, 0.15) is 5.76 Å². The Balaban J connectivity index is 1.83. The number of hydrogen-bond donors (Lipinski definition) is 1. The number of rotatable bonds is 7. The van der Waals surface area contributed by atoms with E-state index in [4.69, 9.17) is 4.74 Å². The Morgan fingerprint density at radius 3 is 2.41 bits per heavy atom. The van der Waals surface area contributed by atoms with E-state index in [1.807, 2.05) is 60.7 Å². The number of methoxy groups -OCH3 is 1. The van der Waals surface area contributed by atoms with E-state index >= 15 is 0 Å². The summed E-state index contributed by atoms with van der Waals surface area (Å²) >= 11 is 0. The number of carbonyl (C=O) groups excluding carboxylic acids is 2. The van der Waals surface area contributed by atoms with E-state index in [0.29, 0.717) is 25.1 Å². The third-order valence-electron chi connectivity index (χ3n) is 6.01. The van der Waals surface area contributed by atoms with Gasteiger partial charge < -0.3 is 14.7 Å². The number of aliphatic hydroxyl groups is 1. The molecule has 1 atom stereocenters. The molecule has 1 fully saturated rings. The maximum Gasteiger partial charge on any atom is 0.295 e. The number of ketones is 1. The lowest BCUT2D eigenvalue weighted by Crippen LogP contribution is -2.31. The SMILES string of the molecule is CCc1ccc(C2/C(=C(/O)c3ccc4ccccc4c3)C(=O)C(=O)N2CCCOC)cc1. The van der Waals surface area contributed by atoms with Crippen molar-refractivity contribution in [2.24, 2.45) is 0 Å². The molecule has 3 aromatic rings. The van der Waals surface area contributed by atoms with Crippen LogP contribution in [0.5, 0.6) is 0 Å². The molecule has 1 unspecified atom stereocenters. The highest BCUT2D eigenvalue weighted by Gasteiger charge is 2.45. The fourth-order valence-electron chi connectivity index (χ4n) is 4.26. The number of nitrogens with zero attached hydrogens (tertiary/aromatic N) is 1. The smallest absolute Gasteiger partial charge is 0.295 e. The Hall–Kier alpha value is -3.44. The van der Waals surface area contributed by atoms with Crippen molar-refractivity contribution in [3.05, 3.63) is 89.0 Å². The van der Waals surface area contributed by atoms with Crippen molar-refractivity contribution in [1.29, 1.82) is 0 Å². The van der Waals surface area contributed by atoms with Gasteiger partial charge in [0.15, 0.2) is 0 Å². The van der Waals surface area contributed by atoms with Crippen LogP contribution >= 0.6 is 0 Å². The number of ether oxygens (including phenoxy) is 1. The Labute approximate surface area is 187 Å². The van der Waals surface area contributed by atoms with Crippen LogP contribution in [-0.2, 0) is 20.7 Å².